The molecule has 4 rings (SSSR count). The standard InChI is InChI=1S/C20H24N6O3S/c21-19-18-15(24-20(22)25-19)7-4-8-16(18)29-12-11-26-10-9-23-13-17(26)30(27,28)14-5-2-1-3-6-14/h1-8,17,23H,9-13H2,(H4,21,22,24,25). The van der Waals surface area contributed by atoms with Gasteiger partial charge in [-0.3, -0.25) is 4.90 Å². The minimum atomic E-state index is -3.50. The number of ether oxygens (including phenoxy) is 1. The second kappa shape index (κ2) is 8.42. The van der Waals surface area contributed by atoms with Gasteiger partial charge in [0, 0.05) is 26.2 Å². The van der Waals surface area contributed by atoms with Crippen LogP contribution in [0.15, 0.2) is 53.4 Å². The number of nitrogens with two attached hydrogens (primary N) is 2. The predicted octanol–water partition coefficient (Wildman–Crippen LogP) is 0.878. The number of sulfone groups is 1. The third kappa shape index (κ3) is 4.02. The van der Waals surface area contributed by atoms with Crippen molar-refractivity contribution in [1.82, 2.24) is 20.2 Å². The summed E-state index contributed by atoms with van der Waals surface area (Å²) in [7, 11) is -3.50. The Bertz CT molecular complexity index is 1140. The van der Waals surface area contributed by atoms with Crippen molar-refractivity contribution in [3.05, 3.63) is 48.5 Å². The molecule has 0 saturated carbocycles. The lowest BCUT2D eigenvalue weighted by molar-refractivity contribution is 0.171. The first kappa shape index (κ1) is 20.3. The zero-order valence-electron chi connectivity index (χ0n) is 16.4. The van der Waals surface area contributed by atoms with E-state index in [9.17, 15) is 8.42 Å². The first-order chi connectivity index (χ1) is 14.5. The van der Waals surface area contributed by atoms with Crippen LogP contribution < -0.4 is 21.5 Å². The van der Waals surface area contributed by atoms with Crippen LogP contribution in [0.4, 0.5) is 11.8 Å². The average molecular weight is 429 g/mol. The van der Waals surface area contributed by atoms with Gasteiger partial charge in [0.25, 0.3) is 0 Å². The van der Waals surface area contributed by atoms with Gasteiger partial charge in [0.15, 0.2) is 9.84 Å². The predicted molar refractivity (Wildman–Crippen MR) is 116 cm³/mol. The molecule has 5 N–H and O–H groups in total. The molecule has 158 valence electrons. The molecule has 0 radical (unpaired) electrons. The van der Waals surface area contributed by atoms with Gasteiger partial charge in [-0.25, -0.2) is 13.4 Å². The van der Waals surface area contributed by atoms with E-state index >= 15 is 0 Å². The minimum Gasteiger partial charge on any atom is -0.491 e. The van der Waals surface area contributed by atoms with Crippen molar-refractivity contribution in [3.63, 3.8) is 0 Å². The quantitative estimate of drug-likeness (QED) is 0.522. The fourth-order valence-electron chi connectivity index (χ4n) is 3.64. The highest BCUT2D eigenvalue weighted by molar-refractivity contribution is 7.92. The zero-order valence-corrected chi connectivity index (χ0v) is 17.2. The van der Waals surface area contributed by atoms with E-state index in [-0.39, 0.29) is 11.8 Å². The Morgan fingerprint density at radius 1 is 1.10 bits per heavy atom. The molecule has 1 aliphatic heterocycles. The number of nitrogens with one attached hydrogen (secondary N) is 1. The van der Waals surface area contributed by atoms with E-state index in [4.69, 9.17) is 16.2 Å². The monoisotopic (exact) mass is 428 g/mol. The van der Waals surface area contributed by atoms with E-state index in [2.05, 4.69) is 15.3 Å². The lowest BCUT2D eigenvalue weighted by Gasteiger charge is -2.35. The zero-order chi connectivity index (χ0) is 21.1. The van der Waals surface area contributed by atoms with Gasteiger partial charge in [-0.1, -0.05) is 24.3 Å². The minimum absolute atomic E-state index is 0.104. The second-order valence-electron chi connectivity index (χ2n) is 7.02. The van der Waals surface area contributed by atoms with Crippen molar-refractivity contribution in [3.8, 4) is 5.75 Å². The van der Waals surface area contributed by atoms with Crippen LogP contribution in [0.5, 0.6) is 5.75 Å². The molecule has 0 aliphatic carbocycles. The lowest BCUT2D eigenvalue weighted by Crippen LogP contribution is -2.55. The van der Waals surface area contributed by atoms with Crippen molar-refractivity contribution in [2.45, 2.75) is 10.3 Å². The Hall–Kier alpha value is -2.95. The third-order valence-corrected chi connectivity index (χ3v) is 7.21. The molecule has 1 aromatic heterocycles. The first-order valence-corrected chi connectivity index (χ1v) is 11.2. The summed E-state index contributed by atoms with van der Waals surface area (Å²) >= 11 is 0. The van der Waals surface area contributed by atoms with Crippen LogP contribution in [0.3, 0.4) is 0 Å². The fraction of sp³-hybridized carbons (Fsp3) is 0.300. The molecule has 0 amide bonds. The summed E-state index contributed by atoms with van der Waals surface area (Å²) in [6, 6.07) is 13.9. The Kier molecular flexibility index (Phi) is 5.71. The van der Waals surface area contributed by atoms with Gasteiger partial charge in [-0.2, -0.15) is 4.98 Å². The fourth-order valence-corrected chi connectivity index (χ4v) is 5.43. The topological polar surface area (TPSA) is 136 Å². The molecule has 2 heterocycles. The molecule has 1 fully saturated rings. The van der Waals surface area contributed by atoms with Crippen molar-refractivity contribution >= 4 is 32.5 Å². The smallest absolute Gasteiger partial charge is 0.222 e. The first-order valence-electron chi connectivity index (χ1n) is 9.65. The lowest BCUT2D eigenvalue weighted by atomic mass is 10.2. The number of rotatable bonds is 6. The summed E-state index contributed by atoms with van der Waals surface area (Å²) in [5.41, 5.74) is 12.3. The van der Waals surface area contributed by atoms with E-state index in [0.717, 1.165) is 6.54 Å². The van der Waals surface area contributed by atoms with Crippen molar-refractivity contribution < 1.29 is 13.2 Å². The molecule has 0 bridgehead atoms. The number of piperazine rings is 1. The molecule has 1 atom stereocenters. The maximum absolute atomic E-state index is 13.1. The highest BCUT2D eigenvalue weighted by Gasteiger charge is 2.34. The molecule has 2 aromatic carbocycles. The van der Waals surface area contributed by atoms with E-state index in [1.165, 1.54) is 0 Å². The second-order valence-corrected chi connectivity index (χ2v) is 9.12. The van der Waals surface area contributed by atoms with Crippen molar-refractivity contribution in [2.75, 3.05) is 44.3 Å². The number of benzene rings is 2. The third-order valence-electron chi connectivity index (χ3n) is 5.10. The molecule has 10 heteroatoms. The van der Waals surface area contributed by atoms with Crippen LogP contribution in [0.2, 0.25) is 0 Å². The molecule has 0 spiro atoms. The number of fused-ring (bicyclic) bond motifs is 1. The molecule has 1 saturated heterocycles. The largest absolute Gasteiger partial charge is 0.491 e. The maximum atomic E-state index is 13.1. The van der Waals surface area contributed by atoms with Gasteiger partial charge in [0.2, 0.25) is 5.95 Å². The number of nitrogen functional groups attached to an aromatic ring is 2. The van der Waals surface area contributed by atoms with Crippen LogP contribution in [0, 0.1) is 0 Å². The Balaban J connectivity index is 1.50. The summed E-state index contributed by atoms with van der Waals surface area (Å²) in [6.45, 7) is 2.44. The maximum Gasteiger partial charge on any atom is 0.222 e. The van der Waals surface area contributed by atoms with Gasteiger partial charge >= 0.3 is 0 Å². The van der Waals surface area contributed by atoms with Crippen LogP contribution in [0.25, 0.3) is 10.9 Å². The average Bonchev–Trinajstić information content (AvgIpc) is 2.74. The molecule has 3 aromatic rings. The summed E-state index contributed by atoms with van der Waals surface area (Å²) in [5.74, 6) is 0.898. The highest BCUT2D eigenvalue weighted by atomic mass is 32.2. The number of hydrogen-bond acceptors (Lipinski definition) is 9. The molecular weight excluding hydrogens is 404 g/mol. The molecular formula is C20H24N6O3S. The van der Waals surface area contributed by atoms with Crippen LogP contribution in [0.1, 0.15) is 0 Å². The van der Waals surface area contributed by atoms with Gasteiger partial charge < -0.3 is 21.5 Å². The Morgan fingerprint density at radius 3 is 2.70 bits per heavy atom. The van der Waals surface area contributed by atoms with Crippen LogP contribution >= 0.6 is 0 Å². The van der Waals surface area contributed by atoms with Crippen LogP contribution in [-0.4, -0.2) is 61.4 Å². The van der Waals surface area contributed by atoms with Gasteiger partial charge in [0.1, 0.15) is 23.5 Å². The van der Waals surface area contributed by atoms with Gasteiger partial charge in [-0.05, 0) is 24.3 Å². The molecule has 30 heavy (non-hydrogen) atoms. The van der Waals surface area contributed by atoms with Gasteiger partial charge in [0.05, 0.1) is 15.8 Å². The van der Waals surface area contributed by atoms with E-state index in [0.29, 0.717) is 47.8 Å². The summed E-state index contributed by atoms with van der Waals surface area (Å²) in [5, 5.41) is 3.12. The number of hydrogen-bond donors (Lipinski definition) is 3. The van der Waals surface area contributed by atoms with E-state index < -0.39 is 15.2 Å². The van der Waals surface area contributed by atoms with E-state index in [1.54, 1.807) is 48.5 Å². The number of aromatic nitrogens is 2. The number of nitrogens with zero attached hydrogens (tertiary/aromatic N) is 3. The summed E-state index contributed by atoms with van der Waals surface area (Å²) in [6.07, 6.45) is 0. The molecule has 1 aliphatic rings. The normalized spacial score (nSPS) is 17.8. The SMILES string of the molecule is Nc1nc(N)c2c(OCCN3CCNCC3S(=O)(=O)c3ccccc3)cccc2n1. The van der Waals surface area contributed by atoms with Crippen LogP contribution in [-0.2, 0) is 9.84 Å². The van der Waals surface area contributed by atoms with Gasteiger partial charge in [-0.15, -0.1) is 0 Å². The van der Waals surface area contributed by atoms with Crippen molar-refractivity contribution in [2.24, 2.45) is 0 Å². The highest BCUT2D eigenvalue weighted by Crippen LogP contribution is 2.29. The number of anilines is 2. The van der Waals surface area contributed by atoms with Crippen molar-refractivity contribution in [1.29, 1.82) is 0 Å². The van der Waals surface area contributed by atoms with E-state index in [1.807, 2.05) is 4.90 Å². The molecule has 9 nitrogen and oxygen atoms in total. The summed E-state index contributed by atoms with van der Waals surface area (Å²) < 4.78 is 32.2. The summed E-state index contributed by atoms with van der Waals surface area (Å²) in [4.78, 5) is 10.4. The Labute approximate surface area is 175 Å². The Morgan fingerprint density at radius 2 is 1.90 bits per heavy atom. The molecule has 1 unspecified atom stereocenters.